The van der Waals surface area contributed by atoms with Crippen LogP contribution in [-0.4, -0.2) is 36.2 Å². The van der Waals surface area contributed by atoms with Crippen LogP contribution < -0.4 is 5.32 Å². The number of carbonyl (C=O) groups is 2. The molecular weight excluding hydrogens is 379 g/mol. The van der Waals surface area contributed by atoms with Gasteiger partial charge >= 0.3 is 0 Å². The van der Waals surface area contributed by atoms with Gasteiger partial charge in [0.25, 0.3) is 0 Å². The monoisotopic (exact) mass is 410 g/mol. The highest BCUT2D eigenvalue weighted by molar-refractivity contribution is 5.96. The lowest BCUT2D eigenvalue weighted by atomic mass is 9.89. The lowest BCUT2D eigenvalue weighted by Crippen LogP contribution is -2.34. The highest BCUT2D eigenvalue weighted by Crippen LogP contribution is 2.29. The Balaban J connectivity index is 1.44. The molecule has 1 aliphatic rings. The van der Waals surface area contributed by atoms with Crippen molar-refractivity contribution in [3.63, 3.8) is 0 Å². The third-order valence-corrected chi connectivity index (χ3v) is 5.79. The van der Waals surface area contributed by atoms with E-state index in [1.54, 1.807) is 18.2 Å². The average Bonchev–Trinajstić information content (AvgIpc) is 2.74. The molecule has 160 valence electrons. The molecule has 30 heavy (non-hydrogen) atoms. The van der Waals surface area contributed by atoms with Gasteiger partial charge in [0.05, 0.1) is 5.56 Å². The summed E-state index contributed by atoms with van der Waals surface area (Å²) in [7, 11) is 0. The fourth-order valence-corrected chi connectivity index (χ4v) is 3.93. The number of anilines is 1. The van der Waals surface area contributed by atoms with Crippen LogP contribution in [0.2, 0.25) is 0 Å². The van der Waals surface area contributed by atoms with Crippen LogP contribution in [0.15, 0.2) is 48.5 Å². The SMILES string of the molecule is CC(C)C(=O)Nc1cccc(C2CCN(CCCC(=O)c3ccccc3F)CC2)c1. The first-order valence-corrected chi connectivity index (χ1v) is 10.8. The molecule has 0 saturated carbocycles. The molecule has 1 fully saturated rings. The van der Waals surface area contributed by atoms with E-state index in [4.69, 9.17) is 0 Å². The summed E-state index contributed by atoms with van der Waals surface area (Å²) in [5.74, 6) is -0.0790. The Morgan fingerprint density at radius 2 is 1.83 bits per heavy atom. The second kappa shape index (κ2) is 10.5. The van der Waals surface area contributed by atoms with Crippen molar-refractivity contribution >= 4 is 17.4 Å². The minimum Gasteiger partial charge on any atom is -0.326 e. The quantitative estimate of drug-likeness (QED) is 0.604. The van der Waals surface area contributed by atoms with Gasteiger partial charge in [-0.05, 0) is 74.6 Å². The Hall–Kier alpha value is -2.53. The second-order valence-electron chi connectivity index (χ2n) is 8.39. The number of benzene rings is 2. The van der Waals surface area contributed by atoms with Crippen LogP contribution in [0.3, 0.4) is 0 Å². The van der Waals surface area contributed by atoms with Crippen LogP contribution in [-0.2, 0) is 4.79 Å². The maximum absolute atomic E-state index is 13.7. The molecule has 1 aliphatic heterocycles. The van der Waals surface area contributed by atoms with Gasteiger partial charge in [0, 0.05) is 18.0 Å². The van der Waals surface area contributed by atoms with Gasteiger partial charge in [-0.1, -0.05) is 38.1 Å². The van der Waals surface area contributed by atoms with Crippen LogP contribution in [0, 0.1) is 11.7 Å². The predicted molar refractivity (Wildman–Crippen MR) is 118 cm³/mol. The van der Waals surface area contributed by atoms with Crippen molar-refractivity contribution in [3.8, 4) is 0 Å². The maximum atomic E-state index is 13.7. The minimum atomic E-state index is -0.435. The molecule has 1 amide bonds. The number of ketones is 1. The van der Waals surface area contributed by atoms with Gasteiger partial charge in [-0.2, -0.15) is 0 Å². The van der Waals surface area contributed by atoms with E-state index in [9.17, 15) is 14.0 Å². The van der Waals surface area contributed by atoms with Crippen molar-refractivity contribution in [2.24, 2.45) is 5.92 Å². The normalized spacial score (nSPS) is 15.3. The number of piperidine rings is 1. The van der Waals surface area contributed by atoms with Gasteiger partial charge in [0.2, 0.25) is 5.91 Å². The standard InChI is InChI=1S/C25H31FN2O2/c1-18(2)25(30)27-21-8-5-7-20(17-21)19-12-15-28(16-13-19)14-6-11-24(29)22-9-3-4-10-23(22)26/h3-5,7-10,17-19H,6,11-16H2,1-2H3,(H,27,30). The van der Waals surface area contributed by atoms with Gasteiger partial charge in [-0.25, -0.2) is 4.39 Å². The summed E-state index contributed by atoms with van der Waals surface area (Å²) in [5, 5.41) is 2.98. The fourth-order valence-electron chi connectivity index (χ4n) is 3.93. The number of nitrogens with zero attached hydrogens (tertiary/aromatic N) is 1. The lowest BCUT2D eigenvalue weighted by molar-refractivity contribution is -0.118. The zero-order valence-electron chi connectivity index (χ0n) is 17.9. The Morgan fingerprint density at radius 1 is 1.10 bits per heavy atom. The number of rotatable bonds is 8. The van der Waals surface area contributed by atoms with Crippen molar-refractivity contribution in [1.82, 2.24) is 4.90 Å². The minimum absolute atomic E-state index is 0.0342. The Kier molecular flexibility index (Phi) is 7.75. The molecule has 0 bridgehead atoms. The number of nitrogens with one attached hydrogen (secondary N) is 1. The van der Waals surface area contributed by atoms with E-state index in [-0.39, 0.29) is 23.2 Å². The first-order valence-electron chi connectivity index (χ1n) is 10.8. The Morgan fingerprint density at radius 3 is 2.53 bits per heavy atom. The molecule has 3 rings (SSSR count). The first kappa shape index (κ1) is 22.2. The van der Waals surface area contributed by atoms with E-state index >= 15 is 0 Å². The fraction of sp³-hybridized carbons (Fsp3) is 0.440. The van der Waals surface area contributed by atoms with E-state index in [2.05, 4.69) is 22.3 Å². The zero-order chi connectivity index (χ0) is 21.5. The molecule has 5 heteroatoms. The van der Waals surface area contributed by atoms with Gasteiger partial charge in [0.15, 0.2) is 5.78 Å². The number of hydrogen-bond donors (Lipinski definition) is 1. The molecule has 0 atom stereocenters. The highest BCUT2D eigenvalue weighted by atomic mass is 19.1. The number of hydrogen-bond acceptors (Lipinski definition) is 3. The number of Topliss-reactive ketones (excluding diaryl/α,β-unsaturated/α-hetero) is 1. The van der Waals surface area contributed by atoms with Crippen molar-refractivity contribution in [2.45, 2.75) is 45.4 Å². The summed E-state index contributed by atoms with van der Waals surface area (Å²) >= 11 is 0. The molecular formula is C25H31FN2O2. The van der Waals surface area contributed by atoms with Crippen molar-refractivity contribution < 1.29 is 14.0 Å². The smallest absolute Gasteiger partial charge is 0.226 e. The number of amides is 1. The second-order valence-corrected chi connectivity index (χ2v) is 8.39. The molecule has 0 spiro atoms. The van der Waals surface area contributed by atoms with Crippen LogP contribution in [0.1, 0.15) is 61.4 Å². The van der Waals surface area contributed by atoms with E-state index in [0.29, 0.717) is 12.3 Å². The van der Waals surface area contributed by atoms with Gasteiger partial charge in [-0.15, -0.1) is 0 Å². The molecule has 0 unspecified atom stereocenters. The molecule has 2 aromatic carbocycles. The molecule has 0 radical (unpaired) electrons. The van der Waals surface area contributed by atoms with Crippen LogP contribution >= 0.6 is 0 Å². The average molecular weight is 411 g/mol. The topological polar surface area (TPSA) is 49.4 Å². The van der Waals surface area contributed by atoms with Crippen LogP contribution in [0.5, 0.6) is 0 Å². The molecule has 2 aromatic rings. The largest absolute Gasteiger partial charge is 0.326 e. The maximum Gasteiger partial charge on any atom is 0.226 e. The van der Waals surface area contributed by atoms with Crippen LogP contribution in [0.4, 0.5) is 10.1 Å². The summed E-state index contributed by atoms with van der Waals surface area (Å²) in [6.45, 7) is 6.61. The van der Waals surface area contributed by atoms with E-state index in [0.717, 1.165) is 44.6 Å². The highest BCUT2D eigenvalue weighted by Gasteiger charge is 2.21. The molecule has 0 aliphatic carbocycles. The summed E-state index contributed by atoms with van der Waals surface area (Å²) in [6, 6.07) is 14.4. The van der Waals surface area contributed by atoms with E-state index < -0.39 is 5.82 Å². The number of likely N-dealkylation sites (tertiary alicyclic amines) is 1. The zero-order valence-corrected chi connectivity index (χ0v) is 17.9. The lowest BCUT2D eigenvalue weighted by Gasteiger charge is -2.32. The number of carbonyl (C=O) groups excluding carboxylic acids is 2. The van der Waals surface area contributed by atoms with Crippen molar-refractivity contribution in [1.29, 1.82) is 0 Å². The summed E-state index contributed by atoms with van der Waals surface area (Å²) in [5.41, 5.74) is 2.33. The summed E-state index contributed by atoms with van der Waals surface area (Å²) in [6.07, 6.45) is 3.23. The van der Waals surface area contributed by atoms with Crippen molar-refractivity contribution in [3.05, 3.63) is 65.5 Å². The summed E-state index contributed by atoms with van der Waals surface area (Å²) < 4.78 is 13.7. The molecule has 1 N–H and O–H groups in total. The van der Waals surface area contributed by atoms with Gasteiger partial charge in [-0.3, -0.25) is 9.59 Å². The third kappa shape index (κ3) is 5.99. The van der Waals surface area contributed by atoms with E-state index in [1.807, 2.05) is 26.0 Å². The predicted octanol–water partition coefficient (Wildman–Crippen LogP) is 5.26. The number of halogens is 1. The Bertz CT molecular complexity index is 873. The Labute approximate surface area is 178 Å². The first-order chi connectivity index (χ1) is 14.4. The third-order valence-electron chi connectivity index (χ3n) is 5.79. The van der Waals surface area contributed by atoms with E-state index in [1.165, 1.54) is 11.6 Å². The molecule has 4 nitrogen and oxygen atoms in total. The summed E-state index contributed by atoms with van der Waals surface area (Å²) in [4.78, 5) is 26.5. The molecule has 0 aromatic heterocycles. The van der Waals surface area contributed by atoms with Gasteiger partial charge in [0.1, 0.15) is 5.82 Å². The van der Waals surface area contributed by atoms with Gasteiger partial charge < -0.3 is 10.2 Å². The molecule has 1 saturated heterocycles. The molecule has 1 heterocycles. The van der Waals surface area contributed by atoms with Crippen molar-refractivity contribution in [2.75, 3.05) is 25.0 Å². The van der Waals surface area contributed by atoms with Crippen LogP contribution in [0.25, 0.3) is 0 Å².